The molecule has 2 amide bonds. The molecule has 0 aliphatic rings. The van der Waals surface area contributed by atoms with E-state index in [1.54, 1.807) is 20.3 Å². The number of methoxy groups -OCH3 is 2. The zero-order valence-electron chi connectivity index (χ0n) is 13.4. The smallest absolute Gasteiger partial charge is 0.319 e. The fraction of sp³-hybridized carbons (Fsp3) is 0.235. The molecule has 0 saturated heterocycles. The second-order valence-electron chi connectivity index (χ2n) is 4.92. The van der Waals surface area contributed by atoms with E-state index in [9.17, 15) is 9.18 Å². The van der Waals surface area contributed by atoms with E-state index in [1.165, 1.54) is 18.2 Å². The van der Waals surface area contributed by atoms with Gasteiger partial charge in [0.05, 0.1) is 24.9 Å². The molecule has 5 nitrogen and oxygen atoms in total. The molecule has 2 aromatic carbocycles. The predicted octanol–water partition coefficient (Wildman–Crippen LogP) is 3.86. The van der Waals surface area contributed by atoms with Gasteiger partial charge in [0.25, 0.3) is 0 Å². The minimum absolute atomic E-state index is 0.0391. The van der Waals surface area contributed by atoms with E-state index in [4.69, 9.17) is 21.1 Å². The van der Waals surface area contributed by atoms with Crippen molar-refractivity contribution < 1.29 is 18.7 Å². The average molecular weight is 353 g/mol. The van der Waals surface area contributed by atoms with Crippen molar-refractivity contribution in [2.24, 2.45) is 0 Å². The van der Waals surface area contributed by atoms with Crippen LogP contribution in [0.3, 0.4) is 0 Å². The van der Waals surface area contributed by atoms with Crippen LogP contribution >= 0.6 is 11.6 Å². The first-order chi connectivity index (χ1) is 11.5. The highest BCUT2D eigenvalue weighted by molar-refractivity contribution is 6.33. The Hall–Kier alpha value is -2.47. The maximum Gasteiger partial charge on any atom is 0.319 e. The highest BCUT2D eigenvalue weighted by atomic mass is 35.5. The molecule has 0 aromatic heterocycles. The van der Waals surface area contributed by atoms with Gasteiger partial charge in [0.15, 0.2) is 11.5 Å². The van der Waals surface area contributed by atoms with E-state index in [2.05, 4.69) is 10.6 Å². The lowest BCUT2D eigenvalue weighted by atomic mass is 10.1. The Morgan fingerprint density at radius 2 is 1.92 bits per heavy atom. The number of hydrogen-bond donors (Lipinski definition) is 2. The van der Waals surface area contributed by atoms with E-state index < -0.39 is 11.8 Å². The Morgan fingerprint density at radius 3 is 2.58 bits per heavy atom. The number of carbonyl (C=O) groups is 1. The maximum atomic E-state index is 13.6. The number of benzene rings is 2. The normalized spacial score (nSPS) is 10.2. The van der Waals surface area contributed by atoms with Crippen molar-refractivity contribution >= 4 is 23.3 Å². The van der Waals surface area contributed by atoms with Crippen molar-refractivity contribution in [2.45, 2.75) is 6.42 Å². The maximum absolute atomic E-state index is 13.6. The van der Waals surface area contributed by atoms with Crippen LogP contribution in [0.5, 0.6) is 11.5 Å². The fourth-order valence-electron chi connectivity index (χ4n) is 2.13. The zero-order valence-corrected chi connectivity index (χ0v) is 14.1. The van der Waals surface area contributed by atoms with Crippen LogP contribution in [-0.2, 0) is 6.42 Å². The van der Waals surface area contributed by atoms with Crippen LogP contribution in [0.1, 0.15) is 5.56 Å². The molecule has 0 bridgehead atoms. The summed E-state index contributed by atoms with van der Waals surface area (Å²) in [4.78, 5) is 11.8. The monoisotopic (exact) mass is 352 g/mol. The SMILES string of the molecule is COc1ccc(CCNC(=O)Nc2c(F)cccc2Cl)cc1OC. The molecule has 0 radical (unpaired) electrons. The molecule has 0 aliphatic heterocycles. The number of anilines is 1. The van der Waals surface area contributed by atoms with Crippen molar-refractivity contribution in [3.05, 3.63) is 52.8 Å². The molecule has 2 rings (SSSR count). The quantitative estimate of drug-likeness (QED) is 0.830. The largest absolute Gasteiger partial charge is 0.493 e. The Morgan fingerprint density at radius 1 is 1.17 bits per heavy atom. The molecule has 0 heterocycles. The third kappa shape index (κ3) is 4.52. The summed E-state index contributed by atoms with van der Waals surface area (Å²) >= 11 is 5.86. The number of amides is 2. The van der Waals surface area contributed by atoms with Crippen LogP contribution in [0.4, 0.5) is 14.9 Å². The summed E-state index contributed by atoms with van der Waals surface area (Å²) in [5.41, 5.74) is 0.930. The second-order valence-corrected chi connectivity index (χ2v) is 5.32. The van der Waals surface area contributed by atoms with Crippen LogP contribution in [0, 0.1) is 5.82 Å². The highest BCUT2D eigenvalue weighted by Gasteiger charge is 2.10. The molecule has 128 valence electrons. The van der Waals surface area contributed by atoms with Crippen LogP contribution in [0.2, 0.25) is 5.02 Å². The first-order valence-electron chi connectivity index (χ1n) is 7.25. The lowest BCUT2D eigenvalue weighted by Crippen LogP contribution is -2.30. The van der Waals surface area contributed by atoms with Gasteiger partial charge >= 0.3 is 6.03 Å². The number of para-hydroxylation sites is 1. The van der Waals surface area contributed by atoms with Crippen LogP contribution < -0.4 is 20.1 Å². The van der Waals surface area contributed by atoms with Gasteiger partial charge in [-0.25, -0.2) is 9.18 Å². The molecule has 2 aromatic rings. The summed E-state index contributed by atoms with van der Waals surface area (Å²) < 4.78 is 24.0. The van der Waals surface area contributed by atoms with Gasteiger partial charge in [0.2, 0.25) is 0 Å². The van der Waals surface area contributed by atoms with Crippen molar-refractivity contribution in [1.29, 1.82) is 0 Å². The first-order valence-corrected chi connectivity index (χ1v) is 7.62. The predicted molar refractivity (Wildman–Crippen MR) is 91.7 cm³/mol. The van der Waals surface area contributed by atoms with Gasteiger partial charge in [0, 0.05) is 6.54 Å². The van der Waals surface area contributed by atoms with E-state index >= 15 is 0 Å². The van der Waals surface area contributed by atoms with Gasteiger partial charge in [-0.15, -0.1) is 0 Å². The lowest BCUT2D eigenvalue weighted by molar-refractivity contribution is 0.252. The first kappa shape index (κ1) is 17.9. The topological polar surface area (TPSA) is 59.6 Å². The van der Waals surface area contributed by atoms with Crippen molar-refractivity contribution in [3.8, 4) is 11.5 Å². The molecule has 0 aliphatic carbocycles. The van der Waals surface area contributed by atoms with Crippen molar-refractivity contribution in [2.75, 3.05) is 26.1 Å². The summed E-state index contributed by atoms with van der Waals surface area (Å²) in [6.45, 7) is 0.368. The molecule has 0 unspecified atom stereocenters. The Bertz CT molecular complexity index is 705. The number of rotatable bonds is 6. The van der Waals surface area contributed by atoms with Gasteiger partial charge in [0.1, 0.15) is 5.82 Å². The number of hydrogen-bond acceptors (Lipinski definition) is 3. The number of carbonyl (C=O) groups excluding carboxylic acids is 1. The van der Waals surface area contributed by atoms with Crippen molar-refractivity contribution in [1.82, 2.24) is 5.32 Å². The summed E-state index contributed by atoms with van der Waals surface area (Å²) in [5, 5.41) is 5.20. The molecule has 24 heavy (non-hydrogen) atoms. The zero-order chi connectivity index (χ0) is 17.5. The van der Waals surface area contributed by atoms with Gasteiger partial charge in [-0.2, -0.15) is 0 Å². The molecule has 0 saturated carbocycles. The number of ether oxygens (including phenoxy) is 2. The third-order valence-electron chi connectivity index (χ3n) is 3.35. The van der Waals surface area contributed by atoms with Crippen LogP contribution in [0.15, 0.2) is 36.4 Å². The van der Waals surface area contributed by atoms with E-state index in [0.29, 0.717) is 24.5 Å². The molecule has 0 atom stereocenters. The highest BCUT2D eigenvalue weighted by Crippen LogP contribution is 2.27. The van der Waals surface area contributed by atoms with Gasteiger partial charge < -0.3 is 20.1 Å². The standard InChI is InChI=1S/C17H18ClFN2O3/c1-23-14-7-6-11(10-15(14)24-2)8-9-20-17(22)21-16-12(18)4-3-5-13(16)19/h3-7,10H,8-9H2,1-2H3,(H2,20,21,22). The average Bonchev–Trinajstić information content (AvgIpc) is 2.58. The summed E-state index contributed by atoms with van der Waals surface area (Å²) in [6.07, 6.45) is 0.582. The molecule has 7 heteroatoms. The number of halogens is 2. The number of urea groups is 1. The Balaban J connectivity index is 1.89. The second kappa shape index (κ2) is 8.40. The molecule has 0 fully saturated rings. The molecule has 0 spiro atoms. The summed E-state index contributed by atoms with van der Waals surface area (Å²) in [7, 11) is 3.13. The summed E-state index contributed by atoms with van der Waals surface area (Å²) in [5.74, 6) is 0.677. The minimum atomic E-state index is -0.586. The van der Waals surface area contributed by atoms with Crippen LogP contribution in [0.25, 0.3) is 0 Å². The summed E-state index contributed by atoms with van der Waals surface area (Å²) in [6, 6.07) is 9.20. The fourth-order valence-corrected chi connectivity index (χ4v) is 2.34. The number of nitrogens with one attached hydrogen (secondary N) is 2. The molecule has 2 N–H and O–H groups in total. The van der Waals surface area contributed by atoms with E-state index in [1.807, 2.05) is 12.1 Å². The molecular weight excluding hydrogens is 335 g/mol. The minimum Gasteiger partial charge on any atom is -0.493 e. The van der Waals surface area contributed by atoms with E-state index in [0.717, 1.165) is 5.56 Å². The Labute approximate surface area is 144 Å². The van der Waals surface area contributed by atoms with Gasteiger partial charge in [-0.3, -0.25) is 0 Å². The van der Waals surface area contributed by atoms with Gasteiger partial charge in [-0.05, 0) is 36.2 Å². The lowest BCUT2D eigenvalue weighted by Gasteiger charge is -2.11. The Kier molecular flexibility index (Phi) is 6.26. The third-order valence-corrected chi connectivity index (χ3v) is 3.66. The van der Waals surface area contributed by atoms with Crippen LogP contribution in [-0.4, -0.2) is 26.8 Å². The molecular formula is C17H18ClFN2O3. The van der Waals surface area contributed by atoms with Crippen molar-refractivity contribution in [3.63, 3.8) is 0 Å². The van der Waals surface area contributed by atoms with Gasteiger partial charge in [-0.1, -0.05) is 23.7 Å². The van der Waals surface area contributed by atoms with E-state index in [-0.39, 0.29) is 10.7 Å².